The molecule has 220 valence electrons. The Hall–Kier alpha value is -6.96. The van der Waals surface area contributed by atoms with Gasteiger partial charge in [0.1, 0.15) is 34.5 Å². The lowest BCUT2D eigenvalue weighted by atomic mass is 9.77. The zero-order chi connectivity index (χ0) is 31.8. The highest BCUT2D eigenvalue weighted by Gasteiger charge is 2.34. The van der Waals surface area contributed by atoms with E-state index in [0.29, 0.717) is 0 Å². The van der Waals surface area contributed by atoms with Gasteiger partial charge >= 0.3 is 0 Å². The highest BCUT2D eigenvalue weighted by Crippen LogP contribution is 2.58. The van der Waals surface area contributed by atoms with Crippen LogP contribution >= 0.6 is 0 Å². The number of benzene rings is 8. The van der Waals surface area contributed by atoms with Crippen molar-refractivity contribution in [3.8, 4) is 34.5 Å². The molecule has 2 heterocycles. The zero-order valence-electron chi connectivity index (χ0n) is 22.5. The van der Waals surface area contributed by atoms with Crippen molar-refractivity contribution < 1.29 is 30.6 Å². The summed E-state index contributed by atoms with van der Waals surface area (Å²) in [5, 5.41) is 77.1. The van der Waals surface area contributed by atoms with Crippen molar-refractivity contribution in [2.45, 2.75) is 0 Å². The summed E-state index contributed by atoms with van der Waals surface area (Å²) in [4.78, 5) is 55.9. The molecule has 0 amide bonds. The second-order valence-corrected chi connectivity index (χ2v) is 11.4. The summed E-state index contributed by atoms with van der Waals surface area (Å²) < 4.78 is 0. The number of nitrogens with zero attached hydrogens (tertiary/aromatic N) is 2. The second-order valence-electron chi connectivity index (χ2n) is 11.4. The maximum atomic E-state index is 14.4. The molecule has 0 fully saturated rings. The van der Waals surface area contributed by atoms with Crippen molar-refractivity contribution in [1.29, 1.82) is 0 Å². The van der Waals surface area contributed by atoms with Crippen molar-refractivity contribution in [3.63, 3.8) is 0 Å². The first-order valence-corrected chi connectivity index (χ1v) is 13.6. The number of aromatic nitrogens is 4. The van der Waals surface area contributed by atoms with Crippen molar-refractivity contribution in [2.75, 3.05) is 0 Å². The van der Waals surface area contributed by atoms with E-state index in [4.69, 9.17) is 0 Å². The normalized spacial score (nSPS) is 12.8. The van der Waals surface area contributed by atoms with E-state index >= 15 is 0 Å². The smallest absolute Gasteiger partial charge is 0.272 e. The minimum atomic E-state index is -0.912. The van der Waals surface area contributed by atoms with Crippen molar-refractivity contribution in [2.24, 2.45) is 0 Å². The van der Waals surface area contributed by atoms with Crippen LogP contribution in [-0.4, -0.2) is 51.0 Å². The minimum Gasteiger partial charge on any atom is -0.507 e. The van der Waals surface area contributed by atoms with Crippen LogP contribution in [-0.2, 0) is 0 Å². The SMILES string of the molecule is O=c1c2c(O)cc(O)c3c4c(O)cc(O)c5c(=O)c6c(O)c7cn[nH]c(=O)c7c7c6c(c54)c(c23)c2c1c(O)c1cn[nH]c(=O)c1c27. The Labute approximate surface area is 248 Å². The van der Waals surface area contributed by atoms with Gasteiger partial charge in [0.15, 0.2) is 0 Å². The molecule has 14 nitrogen and oxygen atoms in total. The van der Waals surface area contributed by atoms with E-state index in [9.17, 15) is 49.8 Å². The summed E-state index contributed by atoms with van der Waals surface area (Å²) in [7, 11) is 0. The largest absolute Gasteiger partial charge is 0.507 e. The van der Waals surface area contributed by atoms with E-state index < -0.39 is 56.5 Å². The molecular formula is C32H12N4O10. The van der Waals surface area contributed by atoms with E-state index in [2.05, 4.69) is 20.4 Å². The first kappa shape index (κ1) is 24.5. The van der Waals surface area contributed by atoms with Crippen molar-refractivity contribution >= 4 is 97.0 Å². The Bertz CT molecular complexity index is 3130. The molecule has 8 N–H and O–H groups in total. The molecule has 0 aliphatic carbocycles. The van der Waals surface area contributed by atoms with E-state index in [0.717, 1.165) is 24.5 Å². The van der Waals surface area contributed by atoms with Gasteiger partial charge in [0.25, 0.3) is 11.1 Å². The number of nitrogens with one attached hydrogen (secondary N) is 2. The fourth-order valence-corrected chi connectivity index (χ4v) is 7.88. The Balaban J connectivity index is 1.86. The molecule has 0 unspecified atom stereocenters. The molecule has 0 aliphatic heterocycles. The third kappa shape index (κ3) is 2.29. The Kier molecular flexibility index (Phi) is 3.84. The summed E-state index contributed by atoms with van der Waals surface area (Å²) >= 11 is 0. The minimum absolute atomic E-state index is 0.0402. The number of H-pyrrole nitrogens is 2. The average Bonchev–Trinajstić information content (AvgIpc) is 3.00. The third-order valence-corrected chi connectivity index (χ3v) is 9.43. The van der Waals surface area contributed by atoms with Crippen LogP contribution < -0.4 is 22.0 Å². The van der Waals surface area contributed by atoms with E-state index in [1.54, 1.807) is 0 Å². The maximum absolute atomic E-state index is 14.4. The first-order chi connectivity index (χ1) is 22.0. The molecule has 0 atom stereocenters. The summed E-state index contributed by atoms with van der Waals surface area (Å²) in [6.07, 6.45) is 2.21. The standard InChI is InChI=1S/C32H12N4O10/c37-7-1-9(39)15-19-13(7)14-8(38)2-10(40)16-20(14)22-21(19)23-17(11-5(3-33-35-31(11)45)27(41)25(23)29(15)43)18-12-6(4-34-36-32(12)46)28(42)26(24(18)22)30(16)44/h1-4,37-42H,(H,35,45)(H,36,46). The molecule has 0 aliphatic rings. The number of aromatic hydroxyl groups is 6. The lowest BCUT2D eigenvalue weighted by molar-refractivity contribution is 0.455. The van der Waals surface area contributed by atoms with E-state index in [1.807, 2.05) is 0 Å². The van der Waals surface area contributed by atoms with Gasteiger partial charge in [0.05, 0.1) is 55.5 Å². The number of phenolic OH excluding ortho intramolecular Hbond substituents is 6. The van der Waals surface area contributed by atoms with Gasteiger partial charge in [-0.05, 0) is 0 Å². The number of hydrogen-bond acceptors (Lipinski definition) is 12. The fraction of sp³-hybridized carbons (Fsp3) is 0. The molecule has 0 bridgehead atoms. The zero-order valence-corrected chi connectivity index (χ0v) is 22.5. The van der Waals surface area contributed by atoms with Crippen LogP contribution in [0.3, 0.4) is 0 Å². The maximum Gasteiger partial charge on any atom is 0.272 e. The molecule has 2 aromatic heterocycles. The first-order valence-electron chi connectivity index (χ1n) is 13.6. The van der Waals surface area contributed by atoms with Gasteiger partial charge in [-0.15, -0.1) is 0 Å². The second kappa shape index (κ2) is 7.22. The molecule has 8 aromatic carbocycles. The highest BCUT2D eigenvalue weighted by atomic mass is 16.3. The predicted octanol–water partition coefficient (Wildman–Crippen LogP) is 2.94. The predicted molar refractivity (Wildman–Crippen MR) is 168 cm³/mol. The molecule has 10 rings (SSSR count). The summed E-state index contributed by atoms with van der Waals surface area (Å²) in [5.74, 6) is -3.86. The van der Waals surface area contributed by atoms with Gasteiger partial charge < -0.3 is 30.6 Å². The van der Waals surface area contributed by atoms with Crippen LogP contribution in [0.15, 0.2) is 43.7 Å². The topological polar surface area (TPSA) is 247 Å². The van der Waals surface area contributed by atoms with Gasteiger partial charge in [-0.1, -0.05) is 0 Å². The van der Waals surface area contributed by atoms with Crippen LogP contribution in [0, 0.1) is 0 Å². The lowest BCUT2D eigenvalue weighted by Crippen LogP contribution is -2.15. The quantitative estimate of drug-likeness (QED) is 0.0910. The molecule has 0 saturated carbocycles. The summed E-state index contributed by atoms with van der Waals surface area (Å²) in [6.45, 7) is 0. The Morgan fingerprint density at radius 1 is 0.391 bits per heavy atom. The summed E-state index contributed by atoms with van der Waals surface area (Å²) in [5.41, 5.74) is -3.49. The molecule has 0 spiro atoms. The van der Waals surface area contributed by atoms with Crippen LogP contribution in [0.25, 0.3) is 97.0 Å². The third-order valence-electron chi connectivity index (χ3n) is 9.43. The van der Waals surface area contributed by atoms with Gasteiger partial charge in [-0.3, -0.25) is 19.2 Å². The number of rotatable bonds is 0. The van der Waals surface area contributed by atoms with Gasteiger partial charge in [0.2, 0.25) is 10.9 Å². The molecule has 10 aromatic rings. The Morgan fingerprint density at radius 2 is 0.696 bits per heavy atom. The van der Waals surface area contributed by atoms with Gasteiger partial charge in [-0.2, -0.15) is 10.2 Å². The number of fused-ring (bicyclic) bond motifs is 6. The lowest BCUT2D eigenvalue weighted by Gasteiger charge is -2.24. The summed E-state index contributed by atoms with van der Waals surface area (Å²) in [6, 6.07) is 1.76. The van der Waals surface area contributed by atoms with Crippen molar-refractivity contribution in [1.82, 2.24) is 20.4 Å². The fourth-order valence-electron chi connectivity index (χ4n) is 7.88. The monoisotopic (exact) mass is 612 g/mol. The van der Waals surface area contributed by atoms with Crippen LogP contribution in [0.1, 0.15) is 0 Å². The molecule has 14 heteroatoms. The van der Waals surface area contributed by atoms with Crippen LogP contribution in [0.2, 0.25) is 0 Å². The van der Waals surface area contributed by atoms with E-state index in [-0.39, 0.29) is 97.0 Å². The Morgan fingerprint density at radius 3 is 1.09 bits per heavy atom. The van der Waals surface area contributed by atoms with Gasteiger partial charge in [0, 0.05) is 66.0 Å². The number of aromatic amines is 2. The van der Waals surface area contributed by atoms with Crippen LogP contribution in [0.5, 0.6) is 34.5 Å². The molecule has 0 saturated heterocycles. The van der Waals surface area contributed by atoms with Crippen LogP contribution in [0.4, 0.5) is 0 Å². The number of phenols is 6. The average molecular weight is 612 g/mol. The van der Waals surface area contributed by atoms with Crippen molar-refractivity contribution in [3.05, 3.63) is 65.7 Å². The molecule has 46 heavy (non-hydrogen) atoms. The number of hydrogen-bond donors (Lipinski definition) is 8. The molecular weight excluding hydrogens is 600 g/mol. The van der Waals surface area contributed by atoms with E-state index in [1.165, 1.54) is 0 Å². The van der Waals surface area contributed by atoms with Gasteiger partial charge in [-0.25, -0.2) is 10.2 Å². The molecule has 0 radical (unpaired) electrons. The highest BCUT2D eigenvalue weighted by molar-refractivity contribution is 6.54.